The molecule has 0 fully saturated rings. The summed E-state index contributed by atoms with van der Waals surface area (Å²) in [5.41, 5.74) is 7.53. The molecule has 1 atom stereocenters. The maximum Gasteiger partial charge on any atom is 0.0568 e. The van der Waals surface area contributed by atoms with Crippen LogP contribution in [0, 0.1) is 6.92 Å². The fourth-order valence-corrected chi connectivity index (χ4v) is 2.91. The summed E-state index contributed by atoms with van der Waals surface area (Å²) in [5, 5.41) is 0. The normalized spacial score (nSPS) is 12.4. The van der Waals surface area contributed by atoms with E-state index in [2.05, 4.69) is 55.1 Å². The number of para-hydroxylation sites is 1. The molecule has 18 heavy (non-hydrogen) atoms. The first-order chi connectivity index (χ1) is 8.70. The molecule has 96 valence electrons. The smallest absolute Gasteiger partial charge is 0.0568 e. The minimum atomic E-state index is 0.0869. The zero-order chi connectivity index (χ0) is 13.0. The van der Waals surface area contributed by atoms with E-state index in [1.165, 1.54) is 15.4 Å². The van der Waals surface area contributed by atoms with Gasteiger partial charge in [0.2, 0.25) is 0 Å². The molecule has 2 rings (SSSR count). The van der Waals surface area contributed by atoms with Crippen molar-refractivity contribution < 1.29 is 0 Å². The summed E-state index contributed by atoms with van der Waals surface area (Å²) in [6.45, 7) is 6.12. The predicted molar refractivity (Wildman–Crippen MR) is 80.3 cm³/mol. The van der Waals surface area contributed by atoms with E-state index in [4.69, 9.17) is 5.73 Å². The highest BCUT2D eigenvalue weighted by Gasteiger charge is 2.13. The quantitative estimate of drug-likeness (QED) is 0.890. The maximum absolute atomic E-state index is 6.29. The van der Waals surface area contributed by atoms with Crippen molar-refractivity contribution in [3.05, 3.63) is 52.2 Å². The van der Waals surface area contributed by atoms with Gasteiger partial charge in [0.1, 0.15) is 0 Å². The molecule has 0 aliphatic carbocycles. The number of nitrogens with zero attached hydrogens (tertiary/aromatic N) is 1. The van der Waals surface area contributed by atoms with Crippen LogP contribution >= 0.6 is 11.3 Å². The fraction of sp³-hybridized carbons (Fsp3) is 0.333. The average Bonchev–Trinajstić information content (AvgIpc) is 2.83. The van der Waals surface area contributed by atoms with Crippen LogP contribution in [0.2, 0.25) is 0 Å². The summed E-state index contributed by atoms with van der Waals surface area (Å²) in [6.07, 6.45) is 0. The van der Waals surface area contributed by atoms with Crippen molar-refractivity contribution in [2.24, 2.45) is 5.73 Å². The van der Waals surface area contributed by atoms with Crippen LogP contribution < -0.4 is 10.6 Å². The van der Waals surface area contributed by atoms with E-state index < -0.39 is 0 Å². The van der Waals surface area contributed by atoms with Crippen LogP contribution in [0.3, 0.4) is 0 Å². The predicted octanol–water partition coefficient (Wildman–Crippen LogP) is 3.58. The van der Waals surface area contributed by atoms with Crippen LogP contribution in [-0.2, 0) is 0 Å². The summed E-state index contributed by atoms with van der Waals surface area (Å²) >= 11 is 1.79. The van der Waals surface area contributed by atoms with Crippen molar-refractivity contribution in [1.82, 2.24) is 0 Å². The number of hydrogen-bond donors (Lipinski definition) is 1. The first-order valence-corrected chi connectivity index (χ1v) is 7.14. The third kappa shape index (κ3) is 3.12. The zero-order valence-electron chi connectivity index (χ0n) is 11.0. The van der Waals surface area contributed by atoms with Gasteiger partial charge < -0.3 is 10.6 Å². The molecule has 0 saturated carbocycles. The molecule has 0 aliphatic heterocycles. The molecule has 1 unspecified atom stereocenters. The Bertz CT molecular complexity index is 478. The molecular weight excluding hydrogens is 240 g/mol. The summed E-state index contributed by atoms with van der Waals surface area (Å²) < 4.78 is 0. The lowest BCUT2D eigenvalue weighted by atomic mass is 10.2. The second-order valence-corrected chi connectivity index (χ2v) is 5.75. The number of likely N-dealkylation sites (N-methyl/N-ethyl adjacent to an activating group) is 1. The minimum Gasteiger partial charge on any atom is -0.370 e. The number of thiophene rings is 1. The van der Waals surface area contributed by atoms with Crippen LogP contribution in [0.4, 0.5) is 5.69 Å². The van der Waals surface area contributed by atoms with Gasteiger partial charge in [0.15, 0.2) is 0 Å². The van der Waals surface area contributed by atoms with E-state index in [1.807, 2.05) is 6.07 Å². The Hall–Kier alpha value is -1.32. The van der Waals surface area contributed by atoms with Crippen molar-refractivity contribution in [3.8, 4) is 0 Å². The average molecular weight is 260 g/mol. The number of anilines is 1. The largest absolute Gasteiger partial charge is 0.370 e. The van der Waals surface area contributed by atoms with Gasteiger partial charge in [0, 0.05) is 28.5 Å². The van der Waals surface area contributed by atoms with Crippen molar-refractivity contribution in [2.45, 2.75) is 19.9 Å². The maximum atomic E-state index is 6.29. The zero-order valence-corrected chi connectivity index (χ0v) is 11.8. The third-order valence-electron chi connectivity index (χ3n) is 3.05. The third-order valence-corrected chi connectivity index (χ3v) is 4.18. The van der Waals surface area contributed by atoms with Crippen molar-refractivity contribution in [1.29, 1.82) is 0 Å². The molecule has 1 aromatic heterocycles. The van der Waals surface area contributed by atoms with Crippen molar-refractivity contribution in [2.75, 3.05) is 18.0 Å². The monoisotopic (exact) mass is 260 g/mol. The van der Waals surface area contributed by atoms with E-state index in [9.17, 15) is 0 Å². The molecule has 0 amide bonds. The van der Waals surface area contributed by atoms with E-state index in [0.717, 1.165) is 13.1 Å². The molecule has 2 N–H and O–H groups in total. The fourth-order valence-electron chi connectivity index (χ4n) is 2.04. The van der Waals surface area contributed by atoms with Gasteiger partial charge in [-0.15, -0.1) is 11.3 Å². The minimum absolute atomic E-state index is 0.0869. The molecule has 1 heterocycles. The second-order valence-electron chi connectivity index (χ2n) is 4.43. The Labute approximate surface area is 113 Å². The van der Waals surface area contributed by atoms with Gasteiger partial charge in [-0.25, -0.2) is 0 Å². The Morgan fingerprint density at radius 2 is 1.89 bits per heavy atom. The Morgan fingerprint density at radius 3 is 2.44 bits per heavy atom. The van der Waals surface area contributed by atoms with Crippen LogP contribution in [-0.4, -0.2) is 13.1 Å². The number of hydrogen-bond acceptors (Lipinski definition) is 3. The molecule has 0 bridgehead atoms. The molecule has 0 aliphatic rings. The Balaban J connectivity index is 2.07. The van der Waals surface area contributed by atoms with E-state index >= 15 is 0 Å². The van der Waals surface area contributed by atoms with Crippen LogP contribution in [0.25, 0.3) is 0 Å². The second kappa shape index (κ2) is 6.03. The molecule has 2 nitrogen and oxygen atoms in total. The highest BCUT2D eigenvalue weighted by molar-refractivity contribution is 7.12. The lowest BCUT2D eigenvalue weighted by molar-refractivity contribution is 0.687. The molecule has 1 aromatic carbocycles. The van der Waals surface area contributed by atoms with Crippen LogP contribution in [0.15, 0.2) is 42.5 Å². The van der Waals surface area contributed by atoms with Crippen molar-refractivity contribution in [3.63, 3.8) is 0 Å². The molecule has 0 radical (unpaired) electrons. The lowest BCUT2D eigenvalue weighted by Gasteiger charge is -2.26. The number of rotatable bonds is 5. The van der Waals surface area contributed by atoms with E-state index in [0.29, 0.717) is 0 Å². The number of nitrogens with two attached hydrogens (primary N) is 1. The first kappa shape index (κ1) is 13.1. The molecule has 3 heteroatoms. The van der Waals surface area contributed by atoms with Crippen LogP contribution in [0.1, 0.15) is 22.7 Å². The van der Waals surface area contributed by atoms with Gasteiger partial charge in [0.25, 0.3) is 0 Å². The number of benzene rings is 1. The highest BCUT2D eigenvalue weighted by Crippen LogP contribution is 2.23. The van der Waals surface area contributed by atoms with Crippen LogP contribution in [0.5, 0.6) is 0 Å². The topological polar surface area (TPSA) is 29.3 Å². The summed E-state index contributed by atoms with van der Waals surface area (Å²) in [6, 6.07) is 14.8. The Morgan fingerprint density at radius 1 is 1.17 bits per heavy atom. The standard InChI is InChI=1S/C15H20N2S/c1-3-17(13-7-5-4-6-8-13)11-14(16)15-10-9-12(2)18-15/h4-10,14H,3,11,16H2,1-2H3. The van der Waals surface area contributed by atoms with Gasteiger partial charge in [0.05, 0.1) is 6.04 Å². The molecule has 0 saturated heterocycles. The molecular formula is C15H20N2S. The van der Waals surface area contributed by atoms with Gasteiger partial charge >= 0.3 is 0 Å². The SMILES string of the molecule is CCN(CC(N)c1ccc(C)s1)c1ccccc1. The first-order valence-electron chi connectivity index (χ1n) is 6.32. The summed E-state index contributed by atoms with van der Waals surface area (Å²) in [7, 11) is 0. The van der Waals surface area contributed by atoms with E-state index in [-0.39, 0.29) is 6.04 Å². The van der Waals surface area contributed by atoms with E-state index in [1.54, 1.807) is 11.3 Å². The van der Waals surface area contributed by atoms with Gasteiger partial charge in [-0.05, 0) is 38.1 Å². The summed E-state index contributed by atoms with van der Waals surface area (Å²) in [4.78, 5) is 4.91. The molecule has 2 aromatic rings. The lowest BCUT2D eigenvalue weighted by Crippen LogP contribution is -2.31. The van der Waals surface area contributed by atoms with Crippen molar-refractivity contribution >= 4 is 17.0 Å². The van der Waals surface area contributed by atoms with Gasteiger partial charge in [-0.3, -0.25) is 0 Å². The Kier molecular flexibility index (Phi) is 4.39. The van der Waals surface area contributed by atoms with Gasteiger partial charge in [-0.2, -0.15) is 0 Å². The van der Waals surface area contributed by atoms with Gasteiger partial charge in [-0.1, -0.05) is 18.2 Å². The number of aryl methyl sites for hydroxylation is 1. The molecule has 0 spiro atoms. The highest BCUT2D eigenvalue weighted by atomic mass is 32.1. The summed E-state index contributed by atoms with van der Waals surface area (Å²) in [5.74, 6) is 0.